The van der Waals surface area contributed by atoms with Crippen LogP contribution >= 0.6 is 0 Å². The van der Waals surface area contributed by atoms with E-state index in [1.54, 1.807) is 0 Å². The van der Waals surface area contributed by atoms with Crippen molar-refractivity contribution in [2.75, 3.05) is 0 Å². The number of carbonyl (C=O) groups is 1. The molecule has 0 aliphatic rings. The van der Waals surface area contributed by atoms with Crippen LogP contribution in [0.25, 0.3) is 0 Å². The van der Waals surface area contributed by atoms with E-state index in [0.29, 0.717) is 0 Å². The van der Waals surface area contributed by atoms with Crippen LogP contribution in [0.3, 0.4) is 0 Å². The van der Waals surface area contributed by atoms with Crippen molar-refractivity contribution in [3.05, 3.63) is 17.6 Å². The third-order valence-electron chi connectivity index (χ3n) is 1.36. The largest absolute Gasteiger partial charge is 0.475 e. The summed E-state index contributed by atoms with van der Waals surface area (Å²) in [6.07, 6.45) is 0. The second-order valence-electron chi connectivity index (χ2n) is 2.31. The number of aryl methyl sites for hydroxylation is 1. The number of aromatic carboxylic acids is 1. The van der Waals surface area contributed by atoms with E-state index in [1.165, 1.54) is 6.92 Å². The zero-order chi connectivity index (χ0) is 10.2. The number of hydrogen-bond acceptors (Lipinski definition) is 4. The van der Waals surface area contributed by atoms with Gasteiger partial charge < -0.3 is 9.52 Å². The Morgan fingerprint density at radius 2 is 2.00 bits per heavy atom. The van der Waals surface area contributed by atoms with Crippen molar-refractivity contribution >= 4 is 65.0 Å². The Bertz CT molecular complexity index is 445. The van der Waals surface area contributed by atoms with Gasteiger partial charge in [-0.25, -0.2) is 4.79 Å². The molecule has 0 saturated heterocycles. The van der Waals surface area contributed by atoms with Crippen LogP contribution in [0.5, 0.6) is 0 Å². The first-order valence-electron chi connectivity index (χ1n) is 3.13. The quantitative estimate of drug-likeness (QED) is 0.585. The van der Waals surface area contributed by atoms with Crippen LogP contribution in [0, 0.1) is 6.92 Å². The molecule has 1 rings (SSSR count). The average Bonchev–Trinajstić information content (AvgIpc) is 2.29. The first-order valence-corrected chi connectivity index (χ1v) is 4.57. The normalized spacial score (nSPS) is 10.7. The number of furan rings is 1. The maximum Gasteiger partial charge on any atom is 0.371 e. The molecule has 0 fully saturated rings. The smallest absolute Gasteiger partial charge is 0.371 e. The van der Waals surface area contributed by atoms with Gasteiger partial charge in [0, 0.05) is 54.9 Å². The summed E-state index contributed by atoms with van der Waals surface area (Å²) < 4.78 is 34.3. The van der Waals surface area contributed by atoms with Gasteiger partial charge in [-0.05, 0) is 6.92 Å². The summed E-state index contributed by atoms with van der Waals surface area (Å²) >= 11 is 0. The number of carboxylic acids is 1. The van der Waals surface area contributed by atoms with Crippen LogP contribution in [0.15, 0.2) is 15.4 Å². The summed E-state index contributed by atoms with van der Waals surface area (Å²) in [4.78, 5) is 9.80. The predicted molar refractivity (Wildman–Crippen MR) is 46.0 cm³/mol. The minimum atomic E-state index is -4.40. The maximum absolute atomic E-state index is 10.6. The molecule has 1 aromatic rings. The van der Waals surface area contributed by atoms with Crippen LogP contribution in [0.2, 0.25) is 0 Å². The molecule has 2 radical (unpaired) electrons. The topological polar surface area (TPSA) is 105 Å². The van der Waals surface area contributed by atoms with E-state index < -0.39 is 26.7 Å². The van der Waals surface area contributed by atoms with Gasteiger partial charge >= 0.3 is 5.97 Å². The van der Waals surface area contributed by atoms with Crippen molar-refractivity contribution in [2.24, 2.45) is 0 Å². The van der Waals surface area contributed by atoms with Crippen molar-refractivity contribution in [3.63, 3.8) is 0 Å². The molecular weight excluding hydrogens is 337 g/mol. The van der Waals surface area contributed by atoms with Gasteiger partial charge in [-0.3, -0.25) is 4.55 Å². The minimum Gasteiger partial charge on any atom is -0.475 e. The summed E-state index contributed by atoms with van der Waals surface area (Å²) in [5.74, 6) is -2.07. The summed E-state index contributed by atoms with van der Waals surface area (Å²) in [6.45, 7) is 1.25. The molecule has 0 saturated carbocycles. The van der Waals surface area contributed by atoms with Crippen LogP contribution in [-0.2, 0) is 10.1 Å². The van der Waals surface area contributed by atoms with E-state index in [1.807, 2.05) is 0 Å². The summed E-state index contributed by atoms with van der Waals surface area (Å²) in [7, 11) is -4.40. The van der Waals surface area contributed by atoms with Gasteiger partial charge in [0.15, 0.2) is 0 Å². The molecule has 0 aliphatic heterocycles. The van der Waals surface area contributed by atoms with Gasteiger partial charge in [0.1, 0.15) is 10.7 Å². The van der Waals surface area contributed by atoms with Crippen molar-refractivity contribution in [3.8, 4) is 0 Å². The second kappa shape index (κ2) is 4.84. The molecule has 8 heteroatoms. The minimum absolute atomic E-state index is 0. The molecule has 74 valence electrons. The fourth-order valence-electron chi connectivity index (χ4n) is 0.827. The molecule has 1 aromatic heterocycles. The molecule has 14 heavy (non-hydrogen) atoms. The van der Waals surface area contributed by atoms with E-state index in [9.17, 15) is 13.2 Å². The van der Waals surface area contributed by atoms with E-state index in [2.05, 4.69) is 4.42 Å². The standard InChI is InChI=1S/C6H6O6S.Ba/c1-3-5(13(9,10)11)2-4(12-3)6(7)8;/h2H,1H3,(H,7,8)(H,9,10,11);. The van der Waals surface area contributed by atoms with Crippen molar-refractivity contribution in [1.82, 2.24) is 0 Å². The third-order valence-corrected chi connectivity index (χ3v) is 2.32. The van der Waals surface area contributed by atoms with Gasteiger partial charge in [0.2, 0.25) is 5.76 Å². The fourth-order valence-corrected chi connectivity index (χ4v) is 1.49. The van der Waals surface area contributed by atoms with Gasteiger partial charge in [0.25, 0.3) is 10.1 Å². The molecule has 2 N–H and O–H groups in total. The van der Waals surface area contributed by atoms with Crippen molar-refractivity contribution < 1.29 is 27.3 Å². The van der Waals surface area contributed by atoms with E-state index in [0.717, 1.165) is 6.07 Å². The molecule has 1 heterocycles. The molecule has 0 aliphatic carbocycles. The van der Waals surface area contributed by atoms with E-state index >= 15 is 0 Å². The maximum atomic E-state index is 10.6. The molecule has 0 bridgehead atoms. The Labute approximate surface area is 120 Å². The number of hydrogen-bond donors (Lipinski definition) is 2. The Morgan fingerprint density at radius 1 is 1.50 bits per heavy atom. The van der Waals surface area contributed by atoms with Gasteiger partial charge in [-0.1, -0.05) is 0 Å². The summed E-state index contributed by atoms with van der Waals surface area (Å²) in [5, 5.41) is 8.42. The first-order chi connectivity index (χ1) is 5.82. The molecular formula is C6H6BaO6S. The zero-order valence-corrected chi connectivity index (χ0v) is 12.5. The summed E-state index contributed by atoms with van der Waals surface area (Å²) in [6, 6.07) is 0.757. The molecule has 0 amide bonds. The van der Waals surface area contributed by atoms with Crippen LogP contribution in [0.1, 0.15) is 16.3 Å². The Balaban J connectivity index is 0.00000169. The van der Waals surface area contributed by atoms with Crippen LogP contribution < -0.4 is 0 Å². The first kappa shape index (κ1) is 14.2. The average molecular weight is 344 g/mol. The predicted octanol–water partition coefficient (Wildman–Crippen LogP) is 0.152. The SMILES string of the molecule is Cc1oc(C(=O)O)cc1S(=O)(=O)O.[Ba]. The number of rotatable bonds is 2. The van der Waals surface area contributed by atoms with Crippen molar-refractivity contribution in [2.45, 2.75) is 11.8 Å². The Hall–Kier alpha value is 0.231. The van der Waals surface area contributed by atoms with Gasteiger partial charge in [-0.15, -0.1) is 0 Å². The number of carboxylic acid groups (broad SMARTS) is 1. The summed E-state index contributed by atoms with van der Waals surface area (Å²) in [5.41, 5.74) is 0. The molecule has 0 atom stereocenters. The molecule has 6 nitrogen and oxygen atoms in total. The van der Waals surface area contributed by atoms with Crippen LogP contribution in [0.4, 0.5) is 0 Å². The Morgan fingerprint density at radius 3 is 2.21 bits per heavy atom. The van der Waals surface area contributed by atoms with Gasteiger partial charge in [-0.2, -0.15) is 8.42 Å². The fraction of sp³-hybridized carbons (Fsp3) is 0.167. The second-order valence-corrected chi connectivity index (χ2v) is 3.70. The van der Waals surface area contributed by atoms with Gasteiger partial charge in [0.05, 0.1) is 0 Å². The monoisotopic (exact) mass is 344 g/mol. The molecule has 0 spiro atoms. The van der Waals surface area contributed by atoms with E-state index in [4.69, 9.17) is 9.66 Å². The zero-order valence-electron chi connectivity index (χ0n) is 7.22. The van der Waals surface area contributed by atoms with Crippen LogP contribution in [-0.4, -0.2) is 72.9 Å². The molecule has 0 unspecified atom stereocenters. The van der Waals surface area contributed by atoms with Crippen molar-refractivity contribution in [1.29, 1.82) is 0 Å². The van der Waals surface area contributed by atoms with E-state index in [-0.39, 0.29) is 54.6 Å². The third kappa shape index (κ3) is 3.12. The Kier molecular flexibility index (Phi) is 4.92. The molecule has 0 aromatic carbocycles.